The maximum Gasteiger partial charge on any atom is 0.255 e. The van der Waals surface area contributed by atoms with Gasteiger partial charge in [0.25, 0.3) is 5.91 Å². The van der Waals surface area contributed by atoms with Crippen LogP contribution in [0.25, 0.3) is 11.0 Å². The number of aromatic nitrogens is 3. The maximum atomic E-state index is 12.2. The van der Waals surface area contributed by atoms with Crippen molar-refractivity contribution < 1.29 is 4.79 Å². The van der Waals surface area contributed by atoms with Gasteiger partial charge >= 0.3 is 0 Å². The summed E-state index contributed by atoms with van der Waals surface area (Å²) in [4.78, 5) is 25.5. The van der Waals surface area contributed by atoms with E-state index in [1.54, 1.807) is 24.7 Å². The summed E-state index contributed by atoms with van der Waals surface area (Å²) < 4.78 is 0. The second-order valence-corrected chi connectivity index (χ2v) is 4.89. The Kier molecular flexibility index (Phi) is 3.27. The number of H-pyrrole nitrogens is 1. The largest absolute Gasteiger partial charge is 0.363 e. The molecule has 0 aliphatic rings. The van der Waals surface area contributed by atoms with Gasteiger partial charge in [-0.3, -0.25) is 4.79 Å². The normalized spacial score (nSPS) is 10.6. The average molecular weight is 281 g/mol. The number of fused-ring (bicyclic) bond motifs is 1. The number of anilines is 2. The Balaban J connectivity index is 1.78. The number of nitrogens with zero attached hydrogens (tertiary/aromatic N) is 3. The molecule has 6 nitrogen and oxygen atoms in total. The van der Waals surface area contributed by atoms with Crippen molar-refractivity contribution in [2.75, 3.05) is 24.3 Å². The van der Waals surface area contributed by atoms with Crippen molar-refractivity contribution in [3.8, 4) is 0 Å². The maximum absolute atomic E-state index is 12.2. The molecule has 0 saturated carbocycles. The van der Waals surface area contributed by atoms with E-state index in [1.165, 1.54) is 0 Å². The molecule has 0 aliphatic carbocycles. The molecule has 3 aromatic rings. The highest BCUT2D eigenvalue weighted by molar-refractivity contribution is 6.05. The smallest absolute Gasteiger partial charge is 0.255 e. The summed E-state index contributed by atoms with van der Waals surface area (Å²) in [6.07, 6.45) is 3.25. The van der Waals surface area contributed by atoms with Crippen LogP contribution in [0.1, 0.15) is 10.4 Å². The summed E-state index contributed by atoms with van der Waals surface area (Å²) in [5, 5.41) is 2.83. The predicted molar refractivity (Wildman–Crippen MR) is 82.6 cm³/mol. The fourth-order valence-electron chi connectivity index (χ4n) is 2.00. The number of hydrogen-bond donors (Lipinski definition) is 2. The van der Waals surface area contributed by atoms with E-state index in [0.717, 1.165) is 16.9 Å². The molecule has 0 radical (unpaired) electrons. The number of imidazole rings is 1. The van der Waals surface area contributed by atoms with Gasteiger partial charge < -0.3 is 15.2 Å². The summed E-state index contributed by atoms with van der Waals surface area (Å²) >= 11 is 0. The van der Waals surface area contributed by atoms with Crippen LogP contribution in [0.15, 0.2) is 42.9 Å². The second kappa shape index (κ2) is 5.24. The van der Waals surface area contributed by atoms with Crippen molar-refractivity contribution in [1.29, 1.82) is 0 Å². The predicted octanol–water partition coefficient (Wildman–Crippen LogP) is 2.28. The van der Waals surface area contributed by atoms with Gasteiger partial charge in [-0.15, -0.1) is 0 Å². The summed E-state index contributed by atoms with van der Waals surface area (Å²) in [6.45, 7) is 0. The minimum absolute atomic E-state index is 0.175. The fourth-order valence-corrected chi connectivity index (χ4v) is 2.00. The van der Waals surface area contributed by atoms with Crippen LogP contribution in [0.2, 0.25) is 0 Å². The van der Waals surface area contributed by atoms with Gasteiger partial charge in [0.2, 0.25) is 0 Å². The zero-order valence-electron chi connectivity index (χ0n) is 11.8. The van der Waals surface area contributed by atoms with Crippen LogP contribution in [0.5, 0.6) is 0 Å². The number of carbonyl (C=O) groups excluding carboxylic acids is 1. The standard InChI is InChI=1S/C15H15N5O/c1-20(2)14-6-4-11(8-16-14)19-15(21)10-3-5-12-13(7-10)18-9-17-12/h3-9H,1-2H3,(H,17,18)(H,19,21). The van der Waals surface area contributed by atoms with E-state index in [0.29, 0.717) is 11.3 Å². The Hall–Kier alpha value is -2.89. The van der Waals surface area contributed by atoms with Crippen molar-refractivity contribution >= 4 is 28.4 Å². The van der Waals surface area contributed by atoms with Crippen LogP contribution < -0.4 is 10.2 Å². The molecule has 2 N–H and O–H groups in total. The van der Waals surface area contributed by atoms with Gasteiger partial charge in [-0.05, 0) is 30.3 Å². The number of rotatable bonds is 3. The van der Waals surface area contributed by atoms with Crippen LogP contribution in [0.4, 0.5) is 11.5 Å². The molecule has 1 aromatic carbocycles. The molecule has 1 amide bonds. The number of hydrogen-bond acceptors (Lipinski definition) is 4. The lowest BCUT2D eigenvalue weighted by atomic mass is 10.2. The van der Waals surface area contributed by atoms with Gasteiger partial charge in [-0.25, -0.2) is 9.97 Å². The molecular formula is C15H15N5O. The third kappa shape index (κ3) is 2.69. The molecule has 21 heavy (non-hydrogen) atoms. The molecule has 6 heteroatoms. The van der Waals surface area contributed by atoms with Gasteiger partial charge in [-0.2, -0.15) is 0 Å². The Morgan fingerprint density at radius 2 is 2.05 bits per heavy atom. The summed E-state index contributed by atoms with van der Waals surface area (Å²) in [5.74, 6) is 0.665. The number of benzene rings is 1. The fraction of sp³-hybridized carbons (Fsp3) is 0.133. The lowest BCUT2D eigenvalue weighted by Crippen LogP contribution is -2.13. The van der Waals surface area contributed by atoms with Crippen LogP contribution >= 0.6 is 0 Å². The summed E-state index contributed by atoms with van der Waals surface area (Å²) in [5.41, 5.74) is 2.91. The minimum atomic E-state index is -0.175. The van der Waals surface area contributed by atoms with Crippen LogP contribution in [-0.2, 0) is 0 Å². The topological polar surface area (TPSA) is 73.9 Å². The van der Waals surface area contributed by atoms with Crippen molar-refractivity contribution in [1.82, 2.24) is 15.0 Å². The Morgan fingerprint density at radius 3 is 2.76 bits per heavy atom. The molecule has 106 valence electrons. The van der Waals surface area contributed by atoms with Crippen molar-refractivity contribution in [3.05, 3.63) is 48.4 Å². The highest BCUT2D eigenvalue weighted by Gasteiger charge is 2.08. The first-order chi connectivity index (χ1) is 10.1. The molecule has 0 unspecified atom stereocenters. The van der Waals surface area contributed by atoms with E-state index in [-0.39, 0.29) is 5.91 Å². The van der Waals surface area contributed by atoms with Gasteiger partial charge in [0, 0.05) is 19.7 Å². The van der Waals surface area contributed by atoms with Gasteiger partial charge in [0.05, 0.1) is 29.2 Å². The zero-order valence-corrected chi connectivity index (χ0v) is 11.8. The minimum Gasteiger partial charge on any atom is -0.363 e. The van der Waals surface area contributed by atoms with Crippen LogP contribution in [0, 0.1) is 0 Å². The highest BCUT2D eigenvalue weighted by Crippen LogP contribution is 2.15. The van der Waals surface area contributed by atoms with E-state index in [2.05, 4.69) is 20.3 Å². The molecule has 3 rings (SSSR count). The molecular weight excluding hydrogens is 266 g/mol. The lowest BCUT2D eigenvalue weighted by molar-refractivity contribution is 0.102. The van der Waals surface area contributed by atoms with Crippen LogP contribution in [0.3, 0.4) is 0 Å². The van der Waals surface area contributed by atoms with Gasteiger partial charge in [0.1, 0.15) is 5.82 Å². The van der Waals surface area contributed by atoms with E-state index in [1.807, 2.05) is 37.2 Å². The third-order valence-electron chi connectivity index (χ3n) is 3.15. The van der Waals surface area contributed by atoms with E-state index >= 15 is 0 Å². The molecule has 0 aliphatic heterocycles. The quantitative estimate of drug-likeness (QED) is 0.772. The lowest BCUT2D eigenvalue weighted by Gasteiger charge is -2.11. The first-order valence-electron chi connectivity index (χ1n) is 6.51. The number of pyridine rings is 1. The number of amides is 1. The van der Waals surface area contributed by atoms with Crippen molar-refractivity contribution in [2.24, 2.45) is 0 Å². The van der Waals surface area contributed by atoms with Crippen LogP contribution in [-0.4, -0.2) is 35.0 Å². The molecule has 2 heterocycles. The van der Waals surface area contributed by atoms with Crippen molar-refractivity contribution in [2.45, 2.75) is 0 Å². The summed E-state index contributed by atoms with van der Waals surface area (Å²) in [7, 11) is 3.83. The summed E-state index contributed by atoms with van der Waals surface area (Å²) in [6, 6.07) is 9.02. The molecule has 0 fully saturated rings. The molecule has 0 atom stereocenters. The first kappa shape index (κ1) is 13.1. The zero-order chi connectivity index (χ0) is 14.8. The Morgan fingerprint density at radius 1 is 1.19 bits per heavy atom. The van der Waals surface area contributed by atoms with Gasteiger partial charge in [0.15, 0.2) is 0 Å². The number of aromatic amines is 1. The van der Waals surface area contributed by atoms with Crippen molar-refractivity contribution in [3.63, 3.8) is 0 Å². The first-order valence-corrected chi connectivity index (χ1v) is 6.51. The monoisotopic (exact) mass is 281 g/mol. The van der Waals surface area contributed by atoms with E-state index < -0.39 is 0 Å². The Bertz CT molecular complexity index is 776. The Labute approximate surface area is 121 Å². The molecule has 2 aromatic heterocycles. The third-order valence-corrected chi connectivity index (χ3v) is 3.15. The highest BCUT2D eigenvalue weighted by atomic mass is 16.1. The molecule has 0 saturated heterocycles. The van der Waals surface area contributed by atoms with Gasteiger partial charge in [-0.1, -0.05) is 0 Å². The average Bonchev–Trinajstić information content (AvgIpc) is 2.95. The van der Waals surface area contributed by atoms with E-state index in [9.17, 15) is 4.79 Å². The molecule has 0 spiro atoms. The number of carbonyl (C=O) groups is 1. The van der Waals surface area contributed by atoms with E-state index in [4.69, 9.17) is 0 Å². The number of nitrogens with one attached hydrogen (secondary N) is 2. The SMILES string of the molecule is CN(C)c1ccc(NC(=O)c2ccc3nc[nH]c3c2)cn1. The molecule has 0 bridgehead atoms. The second-order valence-electron chi connectivity index (χ2n) is 4.89.